The first kappa shape index (κ1) is 22.2. The number of hydrogen-bond donors (Lipinski definition) is 2. The van der Waals surface area contributed by atoms with E-state index in [0.717, 1.165) is 37.2 Å². The summed E-state index contributed by atoms with van der Waals surface area (Å²) in [5, 5.41) is 11.3. The fraction of sp³-hybridized carbons (Fsp3) is 0.778. The van der Waals surface area contributed by atoms with Crippen molar-refractivity contribution >= 4 is 29.9 Å². The molecule has 1 saturated heterocycles. The lowest BCUT2D eigenvalue weighted by atomic mass is 10.0. The summed E-state index contributed by atoms with van der Waals surface area (Å²) in [4.78, 5) is 7.29. The van der Waals surface area contributed by atoms with Crippen LogP contribution in [-0.4, -0.2) is 53.4 Å². The number of halogens is 1. The number of nitrogens with zero attached hydrogens (tertiary/aromatic N) is 4. The van der Waals surface area contributed by atoms with Crippen LogP contribution >= 0.6 is 24.0 Å². The van der Waals surface area contributed by atoms with E-state index in [2.05, 4.69) is 48.3 Å². The number of nitrogens with one attached hydrogen (secondary N) is 2. The van der Waals surface area contributed by atoms with Crippen LogP contribution in [0.3, 0.4) is 0 Å². The summed E-state index contributed by atoms with van der Waals surface area (Å²) in [5.74, 6) is 1.72. The van der Waals surface area contributed by atoms with E-state index in [1.54, 1.807) is 0 Å². The number of aliphatic imine (C=N–C) groups is 1. The summed E-state index contributed by atoms with van der Waals surface area (Å²) in [6, 6.07) is 0. The van der Waals surface area contributed by atoms with Crippen LogP contribution in [0.2, 0.25) is 0 Å². The standard InChI is InChI=1S/C18H34N6.HI/c1-6-19-18(20-9-11-24-10-7-8-14(2)13-24)21-12-17-15(3)22-23(5)16(17)4;/h14H,6-13H2,1-5H3,(H2,19,20,21);1H. The number of hydrogen-bond acceptors (Lipinski definition) is 3. The molecule has 2 N–H and O–H groups in total. The smallest absolute Gasteiger partial charge is 0.191 e. The Kier molecular flexibility index (Phi) is 9.78. The minimum absolute atomic E-state index is 0. The van der Waals surface area contributed by atoms with Gasteiger partial charge in [0.2, 0.25) is 0 Å². The van der Waals surface area contributed by atoms with Crippen molar-refractivity contribution in [2.75, 3.05) is 32.7 Å². The average molecular weight is 462 g/mol. The van der Waals surface area contributed by atoms with Crippen molar-refractivity contribution in [3.63, 3.8) is 0 Å². The number of guanidine groups is 1. The molecule has 0 saturated carbocycles. The van der Waals surface area contributed by atoms with Crippen LogP contribution in [0, 0.1) is 19.8 Å². The van der Waals surface area contributed by atoms with Gasteiger partial charge in [0.05, 0.1) is 12.2 Å². The minimum atomic E-state index is 0. The second-order valence-corrected chi connectivity index (χ2v) is 6.94. The summed E-state index contributed by atoms with van der Waals surface area (Å²) < 4.78 is 1.93. The Hall–Kier alpha value is -0.830. The summed E-state index contributed by atoms with van der Waals surface area (Å²) in [6.45, 7) is 14.6. The first-order valence-electron chi connectivity index (χ1n) is 9.24. The molecular weight excluding hydrogens is 427 g/mol. The molecule has 1 aromatic heterocycles. The number of likely N-dealkylation sites (tertiary alicyclic amines) is 1. The third-order valence-corrected chi connectivity index (χ3v) is 4.86. The molecule has 1 atom stereocenters. The summed E-state index contributed by atoms with van der Waals surface area (Å²) in [6.07, 6.45) is 2.70. The van der Waals surface area contributed by atoms with E-state index in [1.807, 2.05) is 11.7 Å². The Morgan fingerprint density at radius 2 is 2.08 bits per heavy atom. The molecule has 0 aliphatic carbocycles. The van der Waals surface area contributed by atoms with Crippen molar-refractivity contribution in [2.24, 2.45) is 18.0 Å². The van der Waals surface area contributed by atoms with Crippen molar-refractivity contribution < 1.29 is 0 Å². The topological polar surface area (TPSA) is 57.5 Å². The SMILES string of the molecule is CCNC(=NCc1c(C)nn(C)c1C)NCCN1CCCC(C)C1.I. The van der Waals surface area contributed by atoms with E-state index in [9.17, 15) is 0 Å². The number of aromatic nitrogens is 2. The van der Waals surface area contributed by atoms with Crippen LogP contribution in [0.1, 0.15) is 43.6 Å². The fourth-order valence-corrected chi connectivity index (χ4v) is 3.37. The van der Waals surface area contributed by atoms with Crippen molar-refractivity contribution in [2.45, 2.75) is 47.1 Å². The molecule has 6 nitrogen and oxygen atoms in total. The highest BCUT2D eigenvalue weighted by Crippen LogP contribution is 2.14. The second kappa shape index (κ2) is 11.0. The molecule has 2 heterocycles. The van der Waals surface area contributed by atoms with E-state index in [0.29, 0.717) is 6.54 Å². The van der Waals surface area contributed by atoms with E-state index in [1.165, 1.54) is 37.2 Å². The van der Waals surface area contributed by atoms with Gasteiger partial charge in [-0.1, -0.05) is 6.92 Å². The number of rotatable bonds is 6. The Balaban J connectivity index is 0.00000312. The van der Waals surface area contributed by atoms with Gasteiger partial charge in [0, 0.05) is 44.5 Å². The molecule has 1 fully saturated rings. The highest BCUT2D eigenvalue weighted by atomic mass is 127. The molecule has 1 unspecified atom stereocenters. The number of piperidine rings is 1. The maximum absolute atomic E-state index is 4.74. The predicted molar refractivity (Wildman–Crippen MR) is 116 cm³/mol. The molecule has 0 aromatic carbocycles. The zero-order chi connectivity index (χ0) is 17.5. The van der Waals surface area contributed by atoms with Gasteiger partial charge >= 0.3 is 0 Å². The lowest BCUT2D eigenvalue weighted by Gasteiger charge is -2.30. The van der Waals surface area contributed by atoms with Crippen LogP contribution in [0.15, 0.2) is 4.99 Å². The molecule has 7 heteroatoms. The highest BCUT2D eigenvalue weighted by molar-refractivity contribution is 14.0. The summed E-state index contributed by atoms with van der Waals surface area (Å²) in [5.41, 5.74) is 3.48. The van der Waals surface area contributed by atoms with E-state index in [4.69, 9.17) is 4.99 Å². The van der Waals surface area contributed by atoms with Gasteiger partial charge in [-0.2, -0.15) is 5.10 Å². The Morgan fingerprint density at radius 1 is 1.32 bits per heavy atom. The van der Waals surface area contributed by atoms with Gasteiger partial charge in [0.1, 0.15) is 0 Å². The quantitative estimate of drug-likeness (QED) is 0.388. The van der Waals surface area contributed by atoms with Crippen LogP contribution in [0.5, 0.6) is 0 Å². The Bertz CT molecular complexity index is 554. The molecule has 2 rings (SSSR count). The lowest BCUT2D eigenvalue weighted by Crippen LogP contribution is -2.43. The Morgan fingerprint density at radius 3 is 2.68 bits per heavy atom. The maximum Gasteiger partial charge on any atom is 0.191 e. The van der Waals surface area contributed by atoms with Crippen molar-refractivity contribution in [3.05, 3.63) is 17.0 Å². The van der Waals surface area contributed by atoms with Crippen LogP contribution in [0.25, 0.3) is 0 Å². The molecule has 0 spiro atoms. The fourth-order valence-electron chi connectivity index (χ4n) is 3.37. The Labute approximate surface area is 169 Å². The largest absolute Gasteiger partial charge is 0.357 e. The molecule has 1 aliphatic rings. The van der Waals surface area contributed by atoms with Crippen molar-refractivity contribution in [1.82, 2.24) is 25.3 Å². The zero-order valence-electron chi connectivity index (χ0n) is 16.4. The van der Waals surface area contributed by atoms with Crippen molar-refractivity contribution in [1.29, 1.82) is 0 Å². The minimum Gasteiger partial charge on any atom is -0.357 e. The van der Waals surface area contributed by atoms with Crippen LogP contribution in [-0.2, 0) is 13.6 Å². The first-order valence-corrected chi connectivity index (χ1v) is 9.24. The van der Waals surface area contributed by atoms with Gasteiger partial charge in [0.25, 0.3) is 0 Å². The molecule has 0 amide bonds. The number of aryl methyl sites for hydroxylation is 2. The van der Waals surface area contributed by atoms with Gasteiger partial charge in [-0.15, -0.1) is 24.0 Å². The average Bonchev–Trinajstić information content (AvgIpc) is 2.78. The van der Waals surface area contributed by atoms with Crippen LogP contribution in [0.4, 0.5) is 0 Å². The highest BCUT2D eigenvalue weighted by Gasteiger charge is 2.15. The second-order valence-electron chi connectivity index (χ2n) is 6.94. The molecule has 0 radical (unpaired) electrons. The predicted octanol–water partition coefficient (Wildman–Crippen LogP) is 2.44. The third kappa shape index (κ3) is 6.77. The van der Waals surface area contributed by atoms with E-state index >= 15 is 0 Å². The van der Waals surface area contributed by atoms with Gasteiger partial charge < -0.3 is 15.5 Å². The molecule has 25 heavy (non-hydrogen) atoms. The maximum atomic E-state index is 4.74. The normalized spacial score (nSPS) is 18.8. The monoisotopic (exact) mass is 462 g/mol. The van der Waals surface area contributed by atoms with E-state index < -0.39 is 0 Å². The molecule has 1 aromatic rings. The zero-order valence-corrected chi connectivity index (χ0v) is 18.8. The van der Waals surface area contributed by atoms with Gasteiger partial charge in [-0.3, -0.25) is 4.68 Å². The molecule has 1 aliphatic heterocycles. The lowest BCUT2D eigenvalue weighted by molar-refractivity contribution is 0.187. The van der Waals surface area contributed by atoms with E-state index in [-0.39, 0.29) is 24.0 Å². The van der Waals surface area contributed by atoms with Gasteiger partial charge in [-0.05, 0) is 46.1 Å². The summed E-state index contributed by atoms with van der Waals surface area (Å²) in [7, 11) is 1.98. The third-order valence-electron chi connectivity index (χ3n) is 4.86. The molecule has 144 valence electrons. The van der Waals surface area contributed by atoms with Gasteiger partial charge in [-0.25, -0.2) is 4.99 Å². The summed E-state index contributed by atoms with van der Waals surface area (Å²) >= 11 is 0. The molecular formula is C18H35IN6. The van der Waals surface area contributed by atoms with Gasteiger partial charge in [0.15, 0.2) is 5.96 Å². The van der Waals surface area contributed by atoms with Crippen LogP contribution < -0.4 is 10.6 Å². The first-order chi connectivity index (χ1) is 11.5. The van der Waals surface area contributed by atoms with Crippen molar-refractivity contribution in [3.8, 4) is 0 Å². The molecule has 0 bridgehead atoms.